The van der Waals surface area contributed by atoms with Crippen LogP contribution in [-0.4, -0.2) is 28.0 Å². The topological polar surface area (TPSA) is 59.0 Å². The predicted molar refractivity (Wildman–Crippen MR) is 77.8 cm³/mol. The molecule has 104 valence electrons. The summed E-state index contributed by atoms with van der Waals surface area (Å²) >= 11 is 0. The lowest BCUT2D eigenvalue weighted by Gasteiger charge is -2.11. The highest BCUT2D eigenvalue weighted by atomic mass is 16.1. The first-order chi connectivity index (χ1) is 9.81. The normalized spacial score (nSPS) is 18.1. The standard InChI is InChI=1S/C15H18N4O/c20-15(10-12-4-2-6-17-12)18-13-3-1-5-14(9-13)19-8-7-16-11-19/h1,3,5,7-9,11-12,17H,2,4,6,10H2,(H,18,20). The number of hydrogen-bond acceptors (Lipinski definition) is 3. The van der Waals surface area contributed by atoms with Crippen molar-refractivity contribution in [2.24, 2.45) is 0 Å². The quantitative estimate of drug-likeness (QED) is 0.892. The fourth-order valence-electron chi connectivity index (χ4n) is 2.52. The Morgan fingerprint density at radius 1 is 1.50 bits per heavy atom. The smallest absolute Gasteiger partial charge is 0.225 e. The molecule has 0 radical (unpaired) electrons. The van der Waals surface area contributed by atoms with Crippen molar-refractivity contribution in [1.29, 1.82) is 0 Å². The van der Waals surface area contributed by atoms with E-state index < -0.39 is 0 Å². The molecule has 0 aliphatic carbocycles. The lowest BCUT2D eigenvalue weighted by Crippen LogP contribution is -2.27. The summed E-state index contributed by atoms with van der Waals surface area (Å²) in [4.78, 5) is 16.0. The van der Waals surface area contributed by atoms with Crippen LogP contribution in [0.1, 0.15) is 19.3 Å². The Bertz CT molecular complexity index is 573. The van der Waals surface area contributed by atoms with Crippen LogP contribution in [0.2, 0.25) is 0 Å². The van der Waals surface area contributed by atoms with Gasteiger partial charge in [0.1, 0.15) is 0 Å². The number of rotatable bonds is 4. The molecule has 5 heteroatoms. The molecule has 0 bridgehead atoms. The van der Waals surface area contributed by atoms with Crippen LogP contribution in [0.4, 0.5) is 5.69 Å². The average molecular weight is 270 g/mol. The molecular weight excluding hydrogens is 252 g/mol. The van der Waals surface area contributed by atoms with E-state index in [0.29, 0.717) is 12.5 Å². The van der Waals surface area contributed by atoms with E-state index in [0.717, 1.165) is 30.8 Å². The molecular formula is C15H18N4O. The molecule has 1 aliphatic heterocycles. The van der Waals surface area contributed by atoms with Crippen molar-refractivity contribution >= 4 is 11.6 Å². The Kier molecular flexibility index (Phi) is 3.78. The van der Waals surface area contributed by atoms with Gasteiger partial charge in [-0.05, 0) is 37.6 Å². The molecule has 0 spiro atoms. The number of nitrogens with one attached hydrogen (secondary N) is 2. The molecule has 1 fully saturated rings. The lowest BCUT2D eigenvalue weighted by molar-refractivity contribution is -0.116. The first-order valence-electron chi connectivity index (χ1n) is 6.93. The first kappa shape index (κ1) is 12.9. The van der Waals surface area contributed by atoms with Crippen LogP contribution in [-0.2, 0) is 4.79 Å². The summed E-state index contributed by atoms with van der Waals surface area (Å²) in [5, 5.41) is 6.29. The number of carbonyl (C=O) groups excluding carboxylic acids is 1. The van der Waals surface area contributed by atoms with Gasteiger partial charge in [0, 0.05) is 36.2 Å². The highest BCUT2D eigenvalue weighted by molar-refractivity contribution is 5.91. The highest BCUT2D eigenvalue weighted by Gasteiger charge is 2.17. The van der Waals surface area contributed by atoms with Gasteiger partial charge in [0.25, 0.3) is 0 Å². The number of imidazole rings is 1. The van der Waals surface area contributed by atoms with Crippen molar-refractivity contribution in [3.8, 4) is 5.69 Å². The number of carbonyl (C=O) groups is 1. The summed E-state index contributed by atoms with van der Waals surface area (Å²) in [5.41, 5.74) is 1.80. The van der Waals surface area contributed by atoms with Crippen LogP contribution in [0.3, 0.4) is 0 Å². The van der Waals surface area contributed by atoms with Crippen molar-refractivity contribution < 1.29 is 4.79 Å². The third-order valence-electron chi connectivity index (χ3n) is 3.53. The lowest BCUT2D eigenvalue weighted by atomic mass is 10.1. The minimum absolute atomic E-state index is 0.0622. The molecule has 1 atom stereocenters. The van der Waals surface area contributed by atoms with Gasteiger partial charge < -0.3 is 15.2 Å². The van der Waals surface area contributed by atoms with E-state index >= 15 is 0 Å². The maximum atomic E-state index is 12.0. The molecule has 1 saturated heterocycles. The molecule has 3 rings (SSSR count). The number of aromatic nitrogens is 2. The predicted octanol–water partition coefficient (Wildman–Crippen LogP) is 1.95. The van der Waals surface area contributed by atoms with E-state index in [1.807, 2.05) is 35.0 Å². The zero-order valence-electron chi connectivity index (χ0n) is 11.2. The van der Waals surface area contributed by atoms with Crippen LogP contribution < -0.4 is 10.6 Å². The number of nitrogens with zero attached hydrogens (tertiary/aromatic N) is 2. The van der Waals surface area contributed by atoms with Crippen molar-refractivity contribution in [2.75, 3.05) is 11.9 Å². The first-order valence-corrected chi connectivity index (χ1v) is 6.93. The molecule has 1 unspecified atom stereocenters. The number of benzene rings is 1. The van der Waals surface area contributed by atoms with Crippen LogP contribution in [0.5, 0.6) is 0 Å². The van der Waals surface area contributed by atoms with Gasteiger partial charge in [-0.1, -0.05) is 6.07 Å². The fraction of sp³-hybridized carbons (Fsp3) is 0.333. The van der Waals surface area contributed by atoms with E-state index in [2.05, 4.69) is 15.6 Å². The van der Waals surface area contributed by atoms with Gasteiger partial charge in [-0.3, -0.25) is 4.79 Å². The fourth-order valence-corrected chi connectivity index (χ4v) is 2.52. The second kappa shape index (κ2) is 5.88. The largest absolute Gasteiger partial charge is 0.326 e. The second-order valence-corrected chi connectivity index (χ2v) is 5.07. The summed E-state index contributed by atoms with van der Waals surface area (Å²) in [5.74, 6) is 0.0622. The Morgan fingerprint density at radius 2 is 2.45 bits per heavy atom. The Hall–Kier alpha value is -2.14. The molecule has 0 saturated carbocycles. The van der Waals surface area contributed by atoms with Crippen LogP contribution in [0.15, 0.2) is 43.0 Å². The highest BCUT2D eigenvalue weighted by Crippen LogP contribution is 2.16. The van der Waals surface area contributed by atoms with Crippen molar-refractivity contribution in [3.05, 3.63) is 43.0 Å². The summed E-state index contributed by atoms with van der Waals surface area (Å²) in [6.07, 6.45) is 8.13. The molecule has 20 heavy (non-hydrogen) atoms. The second-order valence-electron chi connectivity index (χ2n) is 5.07. The number of hydrogen-bond donors (Lipinski definition) is 2. The van der Waals surface area contributed by atoms with E-state index in [4.69, 9.17) is 0 Å². The molecule has 5 nitrogen and oxygen atoms in total. The van der Waals surface area contributed by atoms with Gasteiger partial charge in [-0.2, -0.15) is 0 Å². The van der Waals surface area contributed by atoms with Crippen LogP contribution in [0, 0.1) is 0 Å². The third-order valence-corrected chi connectivity index (χ3v) is 3.53. The summed E-state index contributed by atoms with van der Waals surface area (Å²) in [7, 11) is 0. The van der Waals surface area contributed by atoms with Gasteiger partial charge >= 0.3 is 0 Å². The maximum Gasteiger partial charge on any atom is 0.225 e. The van der Waals surface area contributed by atoms with Crippen molar-refractivity contribution in [2.45, 2.75) is 25.3 Å². The van der Waals surface area contributed by atoms with Crippen LogP contribution in [0.25, 0.3) is 5.69 Å². The average Bonchev–Trinajstić information content (AvgIpc) is 3.11. The maximum absolute atomic E-state index is 12.0. The molecule has 2 heterocycles. The molecule has 1 amide bonds. The summed E-state index contributed by atoms with van der Waals surface area (Å²) < 4.78 is 1.91. The Balaban J connectivity index is 1.65. The van der Waals surface area contributed by atoms with Gasteiger partial charge in [-0.25, -0.2) is 4.98 Å². The summed E-state index contributed by atoms with van der Waals surface area (Å²) in [6, 6.07) is 8.09. The number of amides is 1. The molecule has 1 aliphatic rings. The molecule has 2 aromatic rings. The SMILES string of the molecule is O=C(CC1CCCN1)Nc1cccc(-n2ccnc2)c1. The van der Waals surface area contributed by atoms with E-state index in [1.54, 1.807) is 12.5 Å². The van der Waals surface area contributed by atoms with Gasteiger partial charge in [-0.15, -0.1) is 0 Å². The zero-order valence-corrected chi connectivity index (χ0v) is 11.2. The Morgan fingerprint density at radius 3 is 3.20 bits per heavy atom. The summed E-state index contributed by atoms with van der Waals surface area (Å²) in [6.45, 7) is 1.02. The molecule has 1 aromatic heterocycles. The van der Waals surface area contributed by atoms with E-state index in [-0.39, 0.29) is 5.91 Å². The van der Waals surface area contributed by atoms with Gasteiger partial charge in [0.15, 0.2) is 0 Å². The van der Waals surface area contributed by atoms with E-state index in [1.165, 1.54) is 0 Å². The molecule has 1 aromatic carbocycles. The Labute approximate surface area is 118 Å². The van der Waals surface area contributed by atoms with Gasteiger partial charge in [0.05, 0.1) is 6.33 Å². The monoisotopic (exact) mass is 270 g/mol. The number of anilines is 1. The van der Waals surface area contributed by atoms with Crippen LogP contribution >= 0.6 is 0 Å². The van der Waals surface area contributed by atoms with E-state index in [9.17, 15) is 4.79 Å². The third kappa shape index (κ3) is 3.05. The minimum Gasteiger partial charge on any atom is -0.326 e. The minimum atomic E-state index is 0.0622. The van der Waals surface area contributed by atoms with Crippen molar-refractivity contribution in [3.63, 3.8) is 0 Å². The molecule has 2 N–H and O–H groups in total. The van der Waals surface area contributed by atoms with Crippen molar-refractivity contribution in [1.82, 2.24) is 14.9 Å². The zero-order chi connectivity index (χ0) is 13.8. The van der Waals surface area contributed by atoms with Gasteiger partial charge in [0.2, 0.25) is 5.91 Å².